The van der Waals surface area contributed by atoms with Crippen LogP contribution in [0.5, 0.6) is 0 Å². The second-order valence-corrected chi connectivity index (χ2v) is 10.0. The van der Waals surface area contributed by atoms with Crippen molar-refractivity contribution in [1.29, 1.82) is 0 Å². The van der Waals surface area contributed by atoms with Crippen LogP contribution in [0.25, 0.3) is 0 Å². The highest BCUT2D eigenvalue weighted by molar-refractivity contribution is 7.94. The molecule has 1 aliphatic heterocycles. The van der Waals surface area contributed by atoms with Crippen LogP contribution >= 0.6 is 0 Å². The van der Waals surface area contributed by atoms with E-state index in [1.54, 1.807) is 0 Å². The van der Waals surface area contributed by atoms with Gasteiger partial charge < -0.3 is 5.11 Å². The minimum atomic E-state index is -2.72. The van der Waals surface area contributed by atoms with Gasteiger partial charge in [0.2, 0.25) is 0 Å². The van der Waals surface area contributed by atoms with E-state index in [2.05, 4.69) is 21.5 Å². The maximum absolute atomic E-state index is 13.1. The average Bonchev–Trinajstić information content (AvgIpc) is 2.46. The summed E-state index contributed by atoms with van der Waals surface area (Å²) in [6, 6.07) is 0. The molecule has 1 rings (SSSR count). The van der Waals surface area contributed by atoms with Crippen LogP contribution in [0.4, 0.5) is 0 Å². The number of nitrogens with one attached hydrogen (secondary N) is 1. The SMILES string of the molecule is CC(=O)CNC(O)CCC(=O)N=S1(=O)CC(C)(C)C#CC(C)(C)C1. The number of hydrogen-bond donors (Lipinski definition) is 2. The summed E-state index contributed by atoms with van der Waals surface area (Å²) in [6.07, 6.45) is -0.866. The van der Waals surface area contributed by atoms with Crippen LogP contribution in [0.3, 0.4) is 0 Å². The quantitative estimate of drug-likeness (QED) is 0.553. The third-order valence-corrected chi connectivity index (χ3v) is 6.28. The molecule has 0 bridgehead atoms. The molecule has 1 heterocycles. The lowest BCUT2D eigenvalue weighted by molar-refractivity contribution is -0.118. The molecule has 1 aliphatic rings. The number of amides is 1. The number of rotatable bonds is 6. The molecular formula is C17H28N2O4S. The van der Waals surface area contributed by atoms with E-state index in [-0.39, 0.29) is 36.7 Å². The van der Waals surface area contributed by atoms with Crippen LogP contribution < -0.4 is 5.32 Å². The second-order valence-electron chi connectivity index (χ2n) is 7.70. The van der Waals surface area contributed by atoms with Gasteiger partial charge in [-0.2, -0.15) is 4.36 Å². The van der Waals surface area contributed by atoms with Gasteiger partial charge in [0.15, 0.2) is 0 Å². The monoisotopic (exact) mass is 356 g/mol. The lowest BCUT2D eigenvalue weighted by Gasteiger charge is -2.21. The molecule has 0 fully saturated rings. The first-order valence-electron chi connectivity index (χ1n) is 8.03. The molecule has 1 atom stereocenters. The average molecular weight is 356 g/mol. The predicted molar refractivity (Wildman–Crippen MR) is 94.6 cm³/mol. The van der Waals surface area contributed by atoms with Gasteiger partial charge in [-0.25, -0.2) is 4.21 Å². The van der Waals surface area contributed by atoms with Gasteiger partial charge in [0.1, 0.15) is 12.0 Å². The molecule has 2 N–H and O–H groups in total. The van der Waals surface area contributed by atoms with Crippen LogP contribution in [0.1, 0.15) is 47.5 Å². The maximum atomic E-state index is 13.1. The van der Waals surface area contributed by atoms with E-state index in [9.17, 15) is 18.9 Å². The fourth-order valence-electron chi connectivity index (χ4n) is 2.51. The zero-order valence-electron chi connectivity index (χ0n) is 15.1. The van der Waals surface area contributed by atoms with Crippen molar-refractivity contribution in [3.63, 3.8) is 0 Å². The van der Waals surface area contributed by atoms with E-state index in [1.165, 1.54) is 6.92 Å². The molecule has 7 heteroatoms. The summed E-state index contributed by atoms with van der Waals surface area (Å²) in [5.74, 6) is 6.19. The summed E-state index contributed by atoms with van der Waals surface area (Å²) >= 11 is 0. The fourth-order valence-corrected chi connectivity index (χ4v) is 5.60. The topological polar surface area (TPSA) is 95.8 Å². The number of carbonyl (C=O) groups is 2. The first-order chi connectivity index (χ1) is 10.8. The molecule has 1 unspecified atom stereocenters. The highest BCUT2D eigenvalue weighted by Gasteiger charge is 2.32. The Hall–Kier alpha value is -1.23. The summed E-state index contributed by atoms with van der Waals surface area (Å²) in [7, 11) is -2.72. The second kappa shape index (κ2) is 7.77. The molecule has 24 heavy (non-hydrogen) atoms. The largest absolute Gasteiger partial charge is 0.379 e. The van der Waals surface area contributed by atoms with Gasteiger partial charge in [-0.05, 0) is 41.0 Å². The van der Waals surface area contributed by atoms with Crippen molar-refractivity contribution in [1.82, 2.24) is 5.32 Å². The first-order valence-corrected chi connectivity index (χ1v) is 9.88. The van der Waals surface area contributed by atoms with Gasteiger partial charge in [-0.15, -0.1) is 0 Å². The molecule has 0 aromatic carbocycles. The van der Waals surface area contributed by atoms with Crippen molar-refractivity contribution in [2.75, 3.05) is 18.1 Å². The molecular weight excluding hydrogens is 328 g/mol. The van der Waals surface area contributed by atoms with E-state index >= 15 is 0 Å². The lowest BCUT2D eigenvalue weighted by atomic mass is 9.92. The van der Waals surface area contributed by atoms with Crippen molar-refractivity contribution in [2.45, 2.75) is 53.7 Å². The molecule has 136 valence electrons. The van der Waals surface area contributed by atoms with Crippen molar-refractivity contribution < 1.29 is 18.9 Å². The molecule has 0 saturated heterocycles. The molecule has 1 amide bonds. The van der Waals surface area contributed by atoms with Gasteiger partial charge >= 0.3 is 0 Å². The smallest absolute Gasteiger partial charge is 0.253 e. The molecule has 0 aromatic rings. The Morgan fingerprint density at radius 1 is 1.21 bits per heavy atom. The zero-order valence-corrected chi connectivity index (χ0v) is 16.0. The van der Waals surface area contributed by atoms with Gasteiger partial charge in [0.25, 0.3) is 5.91 Å². The summed E-state index contributed by atoms with van der Waals surface area (Å²) in [4.78, 5) is 22.9. The highest BCUT2D eigenvalue weighted by atomic mass is 32.2. The minimum absolute atomic E-state index is 0.0230. The third kappa shape index (κ3) is 7.56. The van der Waals surface area contributed by atoms with Crippen molar-refractivity contribution >= 4 is 21.4 Å². The number of aliphatic hydroxyl groups excluding tert-OH is 1. The van der Waals surface area contributed by atoms with Crippen LogP contribution in [0, 0.1) is 22.7 Å². The Morgan fingerprint density at radius 3 is 2.17 bits per heavy atom. The number of ketones is 1. The summed E-state index contributed by atoms with van der Waals surface area (Å²) in [5, 5.41) is 12.3. The third-order valence-electron chi connectivity index (χ3n) is 3.40. The highest BCUT2D eigenvalue weighted by Crippen LogP contribution is 2.29. The molecule has 0 saturated carbocycles. The van der Waals surface area contributed by atoms with E-state index in [0.717, 1.165) is 0 Å². The Balaban J connectivity index is 2.77. The van der Waals surface area contributed by atoms with Crippen LogP contribution in [-0.2, 0) is 19.3 Å². The molecule has 0 spiro atoms. The number of nitrogens with zero attached hydrogens (tertiary/aromatic N) is 1. The number of hydrogen-bond acceptors (Lipinski definition) is 5. The van der Waals surface area contributed by atoms with E-state index in [0.29, 0.717) is 0 Å². The number of aliphatic hydroxyl groups is 1. The van der Waals surface area contributed by atoms with Crippen LogP contribution in [0.15, 0.2) is 4.36 Å². The molecule has 0 radical (unpaired) electrons. The van der Waals surface area contributed by atoms with Gasteiger partial charge in [0, 0.05) is 28.8 Å². The first kappa shape index (κ1) is 20.8. The minimum Gasteiger partial charge on any atom is -0.379 e. The van der Waals surface area contributed by atoms with Crippen molar-refractivity contribution in [2.24, 2.45) is 15.2 Å². The molecule has 6 nitrogen and oxygen atoms in total. The predicted octanol–water partition coefficient (Wildman–Crippen LogP) is 1.33. The fraction of sp³-hybridized carbons (Fsp3) is 0.765. The van der Waals surface area contributed by atoms with E-state index in [4.69, 9.17) is 0 Å². The zero-order chi connectivity index (χ0) is 18.6. The molecule has 0 aliphatic carbocycles. The number of Topliss-reactive ketones (excluding diaryl/α,β-unsaturated/α-hetero) is 1. The summed E-state index contributed by atoms with van der Waals surface area (Å²) < 4.78 is 17.1. The Kier molecular flexibility index (Phi) is 6.74. The number of carbonyl (C=O) groups excluding carboxylic acids is 2. The van der Waals surface area contributed by atoms with Crippen molar-refractivity contribution in [3.05, 3.63) is 0 Å². The van der Waals surface area contributed by atoms with Crippen LogP contribution in [0.2, 0.25) is 0 Å². The Labute approximate surface area is 145 Å². The summed E-state index contributed by atoms with van der Waals surface area (Å²) in [5.41, 5.74) is -0.922. The summed E-state index contributed by atoms with van der Waals surface area (Å²) in [6.45, 7) is 9.05. The Bertz CT molecular complexity index is 648. The van der Waals surface area contributed by atoms with Gasteiger partial charge in [-0.3, -0.25) is 14.9 Å². The standard InChI is InChI=1S/C17H28N2O4S/c1-13(20)10-18-14(21)6-7-15(22)19-24(23)11-16(2,3)8-9-17(4,5)12-24/h14,18,21H,6-7,10-12H2,1-5H3. The van der Waals surface area contributed by atoms with Crippen LogP contribution in [-0.4, -0.2) is 45.3 Å². The maximum Gasteiger partial charge on any atom is 0.253 e. The van der Waals surface area contributed by atoms with E-state index in [1.807, 2.05) is 27.7 Å². The lowest BCUT2D eigenvalue weighted by Crippen LogP contribution is -2.33. The van der Waals surface area contributed by atoms with E-state index < -0.39 is 32.7 Å². The van der Waals surface area contributed by atoms with Gasteiger partial charge in [-0.1, -0.05) is 11.8 Å². The van der Waals surface area contributed by atoms with Gasteiger partial charge in [0.05, 0.1) is 16.3 Å². The Morgan fingerprint density at radius 2 is 1.71 bits per heavy atom. The van der Waals surface area contributed by atoms with Crippen molar-refractivity contribution in [3.8, 4) is 11.8 Å². The molecule has 0 aromatic heterocycles. The normalized spacial score (nSPS) is 21.8.